The number of anilines is 1. The molecule has 0 atom stereocenters. The fourth-order valence-electron chi connectivity index (χ4n) is 2.74. The first kappa shape index (κ1) is 18.0. The minimum atomic E-state index is -0.439. The van der Waals surface area contributed by atoms with E-state index in [1.807, 2.05) is 35.7 Å². The van der Waals surface area contributed by atoms with Crippen LogP contribution in [0.1, 0.15) is 10.7 Å². The number of nitrogens with one attached hydrogen (secondary N) is 1. The summed E-state index contributed by atoms with van der Waals surface area (Å²) in [7, 11) is 1.63. The van der Waals surface area contributed by atoms with E-state index in [4.69, 9.17) is 9.15 Å². The van der Waals surface area contributed by atoms with Crippen molar-refractivity contribution >= 4 is 34.0 Å². The summed E-state index contributed by atoms with van der Waals surface area (Å²) in [5.74, 6) is 0.143. The largest absolute Gasteiger partial charge is 0.486 e. The van der Waals surface area contributed by atoms with Crippen molar-refractivity contribution in [1.29, 1.82) is 0 Å². The van der Waals surface area contributed by atoms with Gasteiger partial charge >= 0.3 is 5.76 Å². The van der Waals surface area contributed by atoms with E-state index < -0.39 is 5.76 Å². The van der Waals surface area contributed by atoms with E-state index in [1.54, 1.807) is 25.2 Å². The molecule has 0 saturated heterocycles. The highest BCUT2D eigenvalue weighted by molar-refractivity contribution is 7.09. The first-order valence-electron chi connectivity index (χ1n) is 8.59. The molecule has 1 N–H and O–H groups in total. The number of oxazole rings is 1. The molecule has 0 aliphatic carbocycles. The van der Waals surface area contributed by atoms with Crippen molar-refractivity contribution < 1.29 is 13.9 Å². The van der Waals surface area contributed by atoms with Crippen LogP contribution in [-0.2, 0) is 24.9 Å². The molecule has 2 aromatic carbocycles. The lowest BCUT2D eigenvalue weighted by atomic mass is 10.2. The van der Waals surface area contributed by atoms with E-state index in [0.29, 0.717) is 29.1 Å². The molecule has 2 aromatic heterocycles. The maximum Gasteiger partial charge on any atom is 0.419 e. The molecule has 0 fully saturated rings. The zero-order chi connectivity index (χ0) is 19.5. The van der Waals surface area contributed by atoms with Gasteiger partial charge in [-0.05, 0) is 24.3 Å². The van der Waals surface area contributed by atoms with Crippen molar-refractivity contribution in [3.8, 4) is 5.75 Å². The van der Waals surface area contributed by atoms with Crippen molar-refractivity contribution in [2.75, 3.05) is 5.32 Å². The summed E-state index contributed by atoms with van der Waals surface area (Å²) < 4.78 is 12.2. The van der Waals surface area contributed by atoms with Gasteiger partial charge in [0.2, 0.25) is 5.91 Å². The summed E-state index contributed by atoms with van der Waals surface area (Å²) in [6.07, 6.45) is 0.151. The third-order valence-corrected chi connectivity index (χ3v) is 4.99. The second-order valence-electron chi connectivity index (χ2n) is 6.17. The number of carbonyl (C=O) groups excluding carboxylic acids is 1. The predicted octanol–water partition coefficient (Wildman–Crippen LogP) is 3.35. The molecule has 0 saturated carbocycles. The van der Waals surface area contributed by atoms with Gasteiger partial charge in [-0.2, -0.15) is 0 Å². The van der Waals surface area contributed by atoms with Gasteiger partial charge in [0.1, 0.15) is 17.4 Å². The maximum atomic E-state index is 12.3. The number of para-hydroxylation sites is 1. The molecular formula is C20H17N3O4S. The van der Waals surface area contributed by atoms with Crippen molar-refractivity contribution in [3.05, 3.63) is 75.2 Å². The van der Waals surface area contributed by atoms with Crippen LogP contribution in [0.5, 0.6) is 5.75 Å². The van der Waals surface area contributed by atoms with Crippen LogP contribution in [0, 0.1) is 0 Å². The fourth-order valence-corrected chi connectivity index (χ4v) is 3.44. The minimum absolute atomic E-state index is 0.151. The molecule has 0 aliphatic heterocycles. The number of amides is 1. The fraction of sp³-hybridized carbons (Fsp3) is 0.150. The van der Waals surface area contributed by atoms with Gasteiger partial charge in [-0.1, -0.05) is 18.2 Å². The Hall–Kier alpha value is -3.39. The smallest absolute Gasteiger partial charge is 0.419 e. The van der Waals surface area contributed by atoms with Gasteiger partial charge < -0.3 is 14.5 Å². The quantitative estimate of drug-likeness (QED) is 0.541. The molecule has 28 heavy (non-hydrogen) atoms. The lowest BCUT2D eigenvalue weighted by Gasteiger charge is -2.04. The monoisotopic (exact) mass is 395 g/mol. The molecular weight excluding hydrogens is 378 g/mol. The SMILES string of the molecule is Cn1c(=O)oc2cc(NC(=O)Cc3csc(COc4ccccc4)n3)ccc21. The van der Waals surface area contributed by atoms with E-state index in [1.165, 1.54) is 15.9 Å². The molecule has 0 aliphatic rings. The van der Waals surface area contributed by atoms with Crippen molar-refractivity contribution in [2.45, 2.75) is 13.0 Å². The first-order valence-corrected chi connectivity index (χ1v) is 9.47. The van der Waals surface area contributed by atoms with Gasteiger partial charge in [-0.3, -0.25) is 9.36 Å². The molecule has 142 valence electrons. The Labute approximate surface area is 164 Å². The second-order valence-corrected chi connectivity index (χ2v) is 7.11. The van der Waals surface area contributed by atoms with Crippen molar-refractivity contribution in [2.24, 2.45) is 7.05 Å². The van der Waals surface area contributed by atoms with E-state index >= 15 is 0 Å². The second kappa shape index (κ2) is 7.69. The van der Waals surface area contributed by atoms with Crippen molar-refractivity contribution in [3.63, 3.8) is 0 Å². The van der Waals surface area contributed by atoms with Crippen LogP contribution in [0.2, 0.25) is 0 Å². The standard InChI is InChI=1S/C20H17N3O4S/c1-23-16-8-7-13(9-17(16)27-20(23)25)21-18(24)10-14-12-28-19(22-14)11-26-15-5-3-2-4-6-15/h2-9,12H,10-11H2,1H3,(H,21,24). The summed E-state index contributed by atoms with van der Waals surface area (Å²) >= 11 is 1.45. The number of carbonyl (C=O) groups is 1. The Morgan fingerprint density at radius 1 is 1.25 bits per heavy atom. The first-order chi connectivity index (χ1) is 13.6. The van der Waals surface area contributed by atoms with Crippen LogP contribution in [-0.4, -0.2) is 15.5 Å². The number of nitrogens with zero attached hydrogens (tertiary/aromatic N) is 2. The molecule has 7 nitrogen and oxygen atoms in total. The van der Waals surface area contributed by atoms with Crippen LogP contribution in [0.15, 0.2) is 63.1 Å². The van der Waals surface area contributed by atoms with Crippen LogP contribution in [0.25, 0.3) is 11.1 Å². The van der Waals surface area contributed by atoms with Crippen LogP contribution in [0.4, 0.5) is 5.69 Å². The number of fused-ring (bicyclic) bond motifs is 1. The van der Waals surface area contributed by atoms with Gasteiger partial charge in [-0.25, -0.2) is 9.78 Å². The molecule has 8 heteroatoms. The lowest BCUT2D eigenvalue weighted by Crippen LogP contribution is -2.14. The average molecular weight is 395 g/mol. The van der Waals surface area contributed by atoms with Gasteiger partial charge in [0, 0.05) is 24.2 Å². The minimum Gasteiger partial charge on any atom is -0.486 e. The third-order valence-electron chi connectivity index (χ3n) is 4.12. The summed E-state index contributed by atoms with van der Waals surface area (Å²) in [5, 5.41) is 5.46. The molecule has 1 amide bonds. The number of hydrogen-bond acceptors (Lipinski definition) is 6. The van der Waals surface area contributed by atoms with E-state index in [9.17, 15) is 9.59 Å². The zero-order valence-electron chi connectivity index (χ0n) is 15.0. The summed E-state index contributed by atoms with van der Waals surface area (Å²) in [6.45, 7) is 0.361. The summed E-state index contributed by atoms with van der Waals surface area (Å²) in [5.41, 5.74) is 2.35. The summed E-state index contributed by atoms with van der Waals surface area (Å²) in [6, 6.07) is 14.6. The number of aryl methyl sites for hydroxylation is 1. The number of rotatable bonds is 6. The van der Waals surface area contributed by atoms with Gasteiger partial charge in [0.25, 0.3) is 0 Å². The molecule has 0 radical (unpaired) electrons. The zero-order valence-corrected chi connectivity index (χ0v) is 15.9. The van der Waals surface area contributed by atoms with E-state index in [-0.39, 0.29) is 12.3 Å². The molecule has 0 spiro atoms. The molecule has 4 rings (SSSR count). The molecule has 0 bridgehead atoms. The maximum absolute atomic E-state index is 12.3. The highest BCUT2D eigenvalue weighted by Crippen LogP contribution is 2.19. The number of aromatic nitrogens is 2. The Bertz CT molecular complexity index is 1180. The Kier molecular flexibility index (Phi) is 4.94. The van der Waals surface area contributed by atoms with E-state index in [0.717, 1.165) is 10.8 Å². The Balaban J connectivity index is 1.36. The average Bonchev–Trinajstić information content (AvgIpc) is 3.25. The topological polar surface area (TPSA) is 86.4 Å². The molecule has 4 aromatic rings. The van der Waals surface area contributed by atoms with E-state index in [2.05, 4.69) is 10.3 Å². The number of hydrogen-bond donors (Lipinski definition) is 1. The van der Waals surface area contributed by atoms with Gasteiger partial charge in [-0.15, -0.1) is 11.3 Å². The normalized spacial score (nSPS) is 10.9. The summed E-state index contributed by atoms with van der Waals surface area (Å²) in [4.78, 5) is 28.3. The van der Waals surface area contributed by atoms with Gasteiger partial charge in [0.15, 0.2) is 5.58 Å². The van der Waals surface area contributed by atoms with Crippen LogP contribution >= 0.6 is 11.3 Å². The Morgan fingerprint density at radius 2 is 2.07 bits per heavy atom. The predicted molar refractivity (Wildman–Crippen MR) is 107 cm³/mol. The molecule has 0 unspecified atom stereocenters. The van der Waals surface area contributed by atoms with Crippen LogP contribution < -0.4 is 15.8 Å². The Morgan fingerprint density at radius 3 is 2.89 bits per heavy atom. The number of thiazole rings is 1. The van der Waals surface area contributed by atoms with Gasteiger partial charge in [0.05, 0.1) is 17.6 Å². The molecule has 2 heterocycles. The van der Waals surface area contributed by atoms with Crippen molar-refractivity contribution in [1.82, 2.24) is 9.55 Å². The van der Waals surface area contributed by atoms with Crippen LogP contribution in [0.3, 0.4) is 0 Å². The number of benzene rings is 2. The highest BCUT2D eigenvalue weighted by atomic mass is 32.1. The third kappa shape index (κ3) is 3.96. The highest BCUT2D eigenvalue weighted by Gasteiger charge is 2.11. The number of ether oxygens (including phenoxy) is 1. The lowest BCUT2D eigenvalue weighted by molar-refractivity contribution is -0.115.